The van der Waals surface area contributed by atoms with E-state index < -0.39 is 0 Å². The van der Waals surface area contributed by atoms with Gasteiger partial charge in [-0.2, -0.15) is 5.10 Å². The van der Waals surface area contributed by atoms with E-state index in [4.69, 9.17) is 11.6 Å². The molecule has 0 fully saturated rings. The van der Waals surface area contributed by atoms with E-state index in [9.17, 15) is 9.59 Å². The predicted molar refractivity (Wildman–Crippen MR) is 107 cm³/mol. The Hall–Kier alpha value is -3.12. The highest BCUT2D eigenvalue weighted by Gasteiger charge is 2.12. The summed E-state index contributed by atoms with van der Waals surface area (Å²) in [6.07, 6.45) is 0. The lowest BCUT2D eigenvalue weighted by Crippen LogP contribution is -2.15. The Kier molecular flexibility index (Phi) is 5.28. The molecule has 0 spiro atoms. The van der Waals surface area contributed by atoms with Crippen LogP contribution < -0.4 is 10.6 Å². The second-order valence-electron chi connectivity index (χ2n) is 6.21. The zero-order chi connectivity index (χ0) is 19.6. The largest absolute Gasteiger partial charge is 0.324 e. The van der Waals surface area contributed by atoms with Gasteiger partial charge in [-0.25, -0.2) is 4.68 Å². The maximum Gasteiger partial charge on any atom is 0.255 e. The molecule has 1 heterocycles. The van der Waals surface area contributed by atoms with Gasteiger partial charge in [-0.05, 0) is 62.4 Å². The van der Waals surface area contributed by atoms with E-state index in [1.807, 2.05) is 36.7 Å². The molecular formula is C20H19ClN4O2. The fraction of sp³-hybridized carbons (Fsp3) is 0.150. The molecule has 3 rings (SSSR count). The van der Waals surface area contributed by atoms with Gasteiger partial charge in [0.05, 0.1) is 22.8 Å². The van der Waals surface area contributed by atoms with Crippen LogP contribution in [0, 0.1) is 13.8 Å². The van der Waals surface area contributed by atoms with Gasteiger partial charge < -0.3 is 10.6 Å². The molecule has 2 N–H and O–H groups in total. The van der Waals surface area contributed by atoms with Crippen LogP contribution in [0.1, 0.15) is 28.7 Å². The van der Waals surface area contributed by atoms with Crippen LogP contribution in [-0.4, -0.2) is 21.6 Å². The molecule has 0 saturated heterocycles. The molecular weight excluding hydrogens is 364 g/mol. The first-order valence-corrected chi connectivity index (χ1v) is 8.73. The maximum atomic E-state index is 12.6. The monoisotopic (exact) mass is 382 g/mol. The van der Waals surface area contributed by atoms with E-state index in [2.05, 4.69) is 15.7 Å². The van der Waals surface area contributed by atoms with Crippen molar-refractivity contribution in [3.05, 3.63) is 70.5 Å². The van der Waals surface area contributed by atoms with Gasteiger partial charge in [-0.3, -0.25) is 9.59 Å². The summed E-state index contributed by atoms with van der Waals surface area (Å²) in [5.41, 5.74) is 4.24. The normalized spacial score (nSPS) is 10.5. The van der Waals surface area contributed by atoms with Crippen LogP contribution in [0.4, 0.5) is 11.4 Å². The quantitative estimate of drug-likeness (QED) is 0.704. The number of nitrogens with one attached hydrogen (secondary N) is 2. The highest BCUT2D eigenvalue weighted by atomic mass is 35.5. The van der Waals surface area contributed by atoms with Gasteiger partial charge in [0.15, 0.2) is 0 Å². The maximum absolute atomic E-state index is 12.6. The summed E-state index contributed by atoms with van der Waals surface area (Å²) in [4.78, 5) is 23.9. The Labute approximate surface area is 162 Å². The molecule has 0 atom stereocenters. The summed E-state index contributed by atoms with van der Waals surface area (Å²) in [6, 6.07) is 14.0. The van der Waals surface area contributed by atoms with Crippen molar-refractivity contribution >= 4 is 34.8 Å². The molecule has 6 nitrogen and oxygen atoms in total. The number of aryl methyl sites for hydroxylation is 2. The molecule has 27 heavy (non-hydrogen) atoms. The number of amides is 2. The molecule has 138 valence electrons. The molecule has 0 aliphatic heterocycles. The Balaban J connectivity index is 1.81. The van der Waals surface area contributed by atoms with Gasteiger partial charge in [-0.15, -0.1) is 0 Å². The fourth-order valence-electron chi connectivity index (χ4n) is 2.76. The summed E-state index contributed by atoms with van der Waals surface area (Å²) in [5.74, 6) is -0.536. The third-order valence-electron chi connectivity index (χ3n) is 3.92. The van der Waals surface area contributed by atoms with E-state index in [0.717, 1.165) is 17.1 Å². The molecule has 0 radical (unpaired) electrons. The van der Waals surface area contributed by atoms with Crippen molar-refractivity contribution in [2.24, 2.45) is 0 Å². The van der Waals surface area contributed by atoms with E-state index in [-0.39, 0.29) is 11.8 Å². The number of aromatic nitrogens is 2. The van der Waals surface area contributed by atoms with Crippen LogP contribution in [-0.2, 0) is 4.79 Å². The van der Waals surface area contributed by atoms with Crippen LogP contribution in [0.3, 0.4) is 0 Å². The fourth-order valence-corrected chi connectivity index (χ4v) is 2.93. The second kappa shape index (κ2) is 7.63. The number of hydrogen-bond acceptors (Lipinski definition) is 3. The van der Waals surface area contributed by atoms with Gasteiger partial charge in [0.2, 0.25) is 5.91 Å². The third kappa shape index (κ3) is 4.35. The SMILES string of the molecule is CC(=O)Nc1cc(Cl)ccc1NC(=O)c1ccc(-n2nc(C)cc2C)cc1. The van der Waals surface area contributed by atoms with Crippen molar-refractivity contribution in [3.8, 4) is 5.69 Å². The zero-order valence-electron chi connectivity index (χ0n) is 15.2. The number of hydrogen-bond donors (Lipinski definition) is 2. The van der Waals surface area contributed by atoms with Crippen molar-refractivity contribution in [2.75, 3.05) is 10.6 Å². The lowest BCUT2D eigenvalue weighted by atomic mass is 10.1. The van der Waals surface area contributed by atoms with Crippen molar-refractivity contribution in [2.45, 2.75) is 20.8 Å². The van der Waals surface area contributed by atoms with Crippen LogP contribution in [0.2, 0.25) is 5.02 Å². The first-order valence-electron chi connectivity index (χ1n) is 8.35. The van der Waals surface area contributed by atoms with Crippen molar-refractivity contribution in [1.82, 2.24) is 9.78 Å². The lowest BCUT2D eigenvalue weighted by Gasteiger charge is -2.12. The van der Waals surface area contributed by atoms with Gasteiger partial charge in [0.25, 0.3) is 5.91 Å². The van der Waals surface area contributed by atoms with Crippen molar-refractivity contribution in [1.29, 1.82) is 0 Å². The number of halogens is 1. The summed E-state index contributed by atoms with van der Waals surface area (Å²) >= 11 is 5.97. The minimum atomic E-state index is -0.288. The Morgan fingerprint density at radius 3 is 2.26 bits per heavy atom. The number of nitrogens with zero attached hydrogens (tertiary/aromatic N) is 2. The second-order valence-corrected chi connectivity index (χ2v) is 6.65. The highest BCUT2D eigenvalue weighted by Crippen LogP contribution is 2.26. The number of rotatable bonds is 4. The Bertz CT molecular complexity index is 1010. The van der Waals surface area contributed by atoms with Crippen LogP contribution in [0.15, 0.2) is 48.5 Å². The molecule has 2 amide bonds. The van der Waals surface area contributed by atoms with Crippen molar-refractivity contribution in [3.63, 3.8) is 0 Å². The van der Waals surface area contributed by atoms with E-state index in [1.54, 1.807) is 30.3 Å². The lowest BCUT2D eigenvalue weighted by molar-refractivity contribution is -0.114. The molecule has 7 heteroatoms. The van der Waals surface area contributed by atoms with Gasteiger partial charge in [0.1, 0.15) is 0 Å². The van der Waals surface area contributed by atoms with E-state index in [1.165, 1.54) is 6.92 Å². The molecule has 3 aromatic rings. The van der Waals surface area contributed by atoms with Gasteiger partial charge in [-0.1, -0.05) is 11.6 Å². The van der Waals surface area contributed by atoms with E-state index in [0.29, 0.717) is 22.0 Å². The molecule has 2 aromatic carbocycles. The van der Waals surface area contributed by atoms with Crippen LogP contribution in [0.25, 0.3) is 5.69 Å². The number of carbonyl (C=O) groups is 2. The number of anilines is 2. The zero-order valence-corrected chi connectivity index (χ0v) is 16.0. The third-order valence-corrected chi connectivity index (χ3v) is 4.16. The molecule has 0 bridgehead atoms. The van der Waals surface area contributed by atoms with Gasteiger partial charge >= 0.3 is 0 Å². The predicted octanol–water partition coefficient (Wildman–Crippen LogP) is 4.35. The summed E-state index contributed by atoms with van der Waals surface area (Å²) in [5, 5.41) is 10.4. The molecule has 0 aliphatic rings. The molecule has 0 unspecified atom stereocenters. The minimum absolute atomic E-state index is 0.248. The highest BCUT2D eigenvalue weighted by molar-refractivity contribution is 6.31. The first-order chi connectivity index (χ1) is 12.8. The Morgan fingerprint density at radius 1 is 0.963 bits per heavy atom. The van der Waals surface area contributed by atoms with E-state index >= 15 is 0 Å². The summed E-state index contributed by atoms with van der Waals surface area (Å²) in [6.45, 7) is 5.30. The summed E-state index contributed by atoms with van der Waals surface area (Å²) in [7, 11) is 0. The topological polar surface area (TPSA) is 76.0 Å². The number of carbonyl (C=O) groups excluding carboxylic acids is 2. The minimum Gasteiger partial charge on any atom is -0.324 e. The average Bonchev–Trinajstić information content (AvgIpc) is 2.95. The molecule has 0 aliphatic carbocycles. The van der Waals surface area contributed by atoms with Crippen LogP contribution >= 0.6 is 11.6 Å². The van der Waals surface area contributed by atoms with Gasteiger partial charge in [0, 0.05) is 23.2 Å². The standard InChI is InChI=1S/C20H19ClN4O2/c1-12-10-13(2)25(24-12)17-7-4-15(5-8-17)20(27)23-18-9-6-16(21)11-19(18)22-14(3)26/h4-11H,1-3H3,(H,22,26)(H,23,27). The molecule has 0 saturated carbocycles. The Morgan fingerprint density at radius 2 is 1.67 bits per heavy atom. The smallest absolute Gasteiger partial charge is 0.255 e. The summed E-state index contributed by atoms with van der Waals surface area (Å²) < 4.78 is 1.82. The number of benzene rings is 2. The average molecular weight is 383 g/mol. The first kappa shape index (κ1) is 18.7. The van der Waals surface area contributed by atoms with Crippen LogP contribution in [0.5, 0.6) is 0 Å². The molecule has 1 aromatic heterocycles. The van der Waals surface area contributed by atoms with Crippen molar-refractivity contribution < 1.29 is 9.59 Å².